The number of hydrogen-bond acceptors (Lipinski definition) is 3. The van der Waals surface area contributed by atoms with Gasteiger partial charge in [-0.05, 0) is 24.1 Å². The number of nitrogens with one attached hydrogen (secondary N) is 1. The second kappa shape index (κ2) is 3.73. The Hall–Kier alpha value is -1.84. The van der Waals surface area contributed by atoms with Crippen molar-refractivity contribution in [2.45, 2.75) is 12.8 Å². The van der Waals surface area contributed by atoms with Crippen molar-refractivity contribution in [2.24, 2.45) is 5.92 Å². The largest absolute Gasteiger partial charge is 0.399 e. The number of hydrogen-bond donors (Lipinski definition) is 2. The quantitative estimate of drug-likeness (QED) is 0.543. The van der Waals surface area contributed by atoms with Crippen LogP contribution >= 0.6 is 0 Å². The average molecular weight is 204 g/mol. The molecule has 1 heterocycles. The van der Waals surface area contributed by atoms with Crippen molar-refractivity contribution < 1.29 is 9.59 Å². The van der Waals surface area contributed by atoms with E-state index in [1.54, 1.807) is 12.1 Å². The second-order valence-electron chi connectivity index (χ2n) is 3.76. The average Bonchev–Trinajstić information content (AvgIpc) is 2.49. The molecule has 0 aromatic heterocycles. The number of imide groups is 1. The minimum atomic E-state index is -0.221. The van der Waals surface area contributed by atoms with E-state index in [2.05, 4.69) is 5.32 Å². The standard InChI is InChI=1S/C11H12N2O2/c12-9-3-1-7(2-4-9)5-8-6-10(14)13-11(8)15/h1-4,8H,5-6,12H2,(H,13,14,15). The molecule has 78 valence electrons. The van der Waals surface area contributed by atoms with Gasteiger partial charge in [-0.15, -0.1) is 0 Å². The van der Waals surface area contributed by atoms with Crippen LogP contribution < -0.4 is 11.1 Å². The molecule has 1 fully saturated rings. The summed E-state index contributed by atoms with van der Waals surface area (Å²) in [5, 5.41) is 2.30. The molecule has 0 radical (unpaired) electrons. The maximum atomic E-state index is 11.3. The number of carbonyl (C=O) groups is 2. The highest BCUT2D eigenvalue weighted by atomic mass is 16.2. The summed E-state index contributed by atoms with van der Waals surface area (Å²) >= 11 is 0. The van der Waals surface area contributed by atoms with Crippen molar-refractivity contribution in [1.82, 2.24) is 5.32 Å². The maximum absolute atomic E-state index is 11.3. The van der Waals surface area contributed by atoms with E-state index < -0.39 is 0 Å². The molecule has 4 heteroatoms. The van der Waals surface area contributed by atoms with Gasteiger partial charge in [-0.1, -0.05) is 12.1 Å². The van der Waals surface area contributed by atoms with Crippen LogP contribution in [0.3, 0.4) is 0 Å². The van der Waals surface area contributed by atoms with Gasteiger partial charge < -0.3 is 5.73 Å². The number of carbonyl (C=O) groups excluding carboxylic acids is 2. The SMILES string of the molecule is Nc1ccc(CC2CC(=O)NC2=O)cc1. The van der Waals surface area contributed by atoms with Crippen molar-refractivity contribution in [1.29, 1.82) is 0 Å². The predicted octanol–water partition coefficient (Wildman–Crippen LogP) is 0.474. The minimum Gasteiger partial charge on any atom is -0.399 e. The molecule has 4 nitrogen and oxygen atoms in total. The lowest BCUT2D eigenvalue weighted by Gasteiger charge is -2.05. The van der Waals surface area contributed by atoms with Crippen LogP contribution in [0.15, 0.2) is 24.3 Å². The van der Waals surface area contributed by atoms with Gasteiger partial charge >= 0.3 is 0 Å². The fraction of sp³-hybridized carbons (Fsp3) is 0.273. The van der Waals surface area contributed by atoms with Gasteiger partial charge in [0, 0.05) is 12.1 Å². The Bertz CT molecular complexity index is 398. The summed E-state index contributed by atoms with van der Waals surface area (Å²) in [7, 11) is 0. The van der Waals surface area contributed by atoms with Crippen molar-refractivity contribution in [3.8, 4) is 0 Å². The Kier molecular flexibility index (Phi) is 2.41. The summed E-state index contributed by atoms with van der Waals surface area (Å²) in [6.45, 7) is 0. The monoisotopic (exact) mass is 204 g/mol. The fourth-order valence-electron chi connectivity index (χ4n) is 1.71. The molecule has 1 aliphatic rings. The third kappa shape index (κ3) is 2.15. The first-order valence-electron chi connectivity index (χ1n) is 4.83. The highest BCUT2D eigenvalue weighted by Crippen LogP contribution is 2.17. The number of benzene rings is 1. The second-order valence-corrected chi connectivity index (χ2v) is 3.76. The van der Waals surface area contributed by atoms with Crippen molar-refractivity contribution in [2.75, 3.05) is 5.73 Å². The van der Waals surface area contributed by atoms with E-state index in [-0.39, 0.29) is 17.7 Å². The van der Waals surface area contributed by atoms with Crippen LogP contribution in [0.25, 0.3) is 0 Å². The van der Waals surface area contributed by atoms with Crippen molar-refractivity contribution >= 4 is 17.5 Å². The van der Waals surface area contributed by atoms with Gasteiger partial charge in [0.1, 0.15) is 0 Å². The van der Waals surface area contributed by atoms with Crippen LogP contribution in [0.2, 0.25) is 0 Å². The summed E-state index contributed by atoms with van der Waals surface area (Å²) in [5.74, 6) is -0.571. The van der Waals surface area contributed by atoms with Gasteiger partial charge in [-0.25, -0.2) is 0 Å². The third-order valence-electron chi connectivity index (χ3n) is 2.53. The van der Waals surface area contributed by atoms with E-state index in [0.29, 0.717) is 18.5 Å². The minimum absolute atomic E-state index is 0.170. The molecule has 1 aromatic rings. The van der Waals surface area contributed by atoms with Gasteiger partial charge in [-0.2, -0.15) is 0 Å². The van der Waals surface area contributed by atoms with Crippen LogP contribution in [0.5, 0.6) is 0 Å². The van der Waals surface area contributed by atoms with E-state index >= 15 is 0 Å². The van der Waals surface area contributed by atoms with Gasteiger partial charge in [-0.3, -0.25) is 14.9 Å². The highest BCUT2D eigenvalue weighted by molar-refractivity contribution is 6.03. The lowest BCUT2D eigenvalue weighted by Crippen LogP contribution is -2.22. The Morgan fingerprint density at radius 1 is 1.27 bits per heavy atom. The molecule has 0 bridgehead atoms. The lowest BCUT2D eigenvalue weighted by molar-refractivity contribution is -0.125. The maximum Gasteiger partial charge on any atom is 0.230 e. The fourth-order valence-corrected chi connectivity index (χ4v) is 1.71. The molecule has 0 aliphatic carbocycles. The molecule has 3 N–H and O–H groups in total. The molecule has 15 heavy (non-hydrogen) atoms. The molecule has 1 unspecified atom stereocenters. The topological polar surface area (TPSA) is 72.2 Å². The first-order valence-corrected chi connectivity index (χ1v) is 4.83. The smallest absolute Gasteiger partial charge is 0.230 e. The molecule has 2 amide bonds. The van der Waals surface area contributed by atoms with E-state index in [0.717, 1.165) is 5.56 Å². The summed E-state index contributed by atoms with van der Waals surface area (Å²) in [5.41, 5.74) is 7.28. The van der Waals surface area contributed by atoms with E-state index in [1.807, 2.05) is 12.1 Å². The molecule has 1 aromatic carbocycles. The highest BCUT2D eigenvalue weighted by Gasteiger charge is 2.30. The molecule has 1 saturated heterocycles. The number of nitrogen functional groups attached to an aromatic ring is 1. The van der Waals surface area contributed by atoms with Crippen molar-refractivity contribution in [3.63, 3.8) is 0 Å². The van der Waals surface area contributed by atoms with Gasteiger partial charge in [0.25, 0.3) is 0 Å². The van der Waals surface area contributed by atoms with Gasteiger partial charge in [0.2, 0.25) is 11.8 Å². The molecular formula is C11H12N2O2. The Labute approximate surface area is 87.5 Å². The van der Waals surface area contributed by atoms with Gasteiger partial charge in [0.05, 0.1) is 5.92 Å². The normalized spacial score (nSPS) is 20.4. The third-order valence-corrected chi connectivity index (χ3v) is 2.53. The number of amides is 2. The number of anilines is 1. The summed E-state index contributed by atoms with van der Waals surface area (Å²) in [6.07, 6.45) is 0.890. The van der Waals surface area contributed by atoms with Crippen LogP contribution in [-0.4, -0.2) is 11.8 Å². The summed E-state index contributed by atoms with van der Waals surface area (Å²) in [4.78, 5) is 22.3. The Morgan fingerprint density at radius 3 is 2.47 bits per heavy atom. The van der Waals surface area contributed by atoms with E-state index in [4.69, 9.17) is 5.73 Å². The zero-order valence-corrected chi connectivity index (χ0v) is 8.19. The van der Waals surface area contributed by atoms with Crippen LogP contribution in [0.4, 0.5) is 5.69 Å². The molecule has 1 atom stereocenters. The number of rotatable bonds is 2. The van der Waals surface area contributed by atoms with Crippen LogP contribution in [0, 0.1) is 5.92 Å². The lowest BCUT2D eigenvalue weighted by atomic mass is 9.98. The first kappa shape index (κ1) is 9.71. The predicted molar refractivity (Wildman–Crippen MR) is 55.8 cm³/mol. The zero-order valence-electron chi connectivity index (χ0n) is 8.19. The molecule has 0 saturated carbocycles. The molecular weight excluding hydrogens is 192 g/mol. The van der Waals surface area contributed by atoms with E-state index in [1.165, 1.54) is 0 Å². The molecule has 2 rings (SSSR count). The van der Waals surface area contributed by atoms with Crippen LogP contribution in [-0.2, 0) is 16.0 Å². The van der Waals surface area contributed by atoms with Crippen molar-refractivity contribution in [3.05, 3.63) is 29.8 Å². The molecule has 1 aliphatic heterocycles. The number of nitrogens with two attached hydrogens (primary N) is 1. The Balaban J connectivity index is 2.06. The molecule has 0 spiro atoms. The van der Waals surface area contributed by atoms with Gasteiger partial charge in [0.15, 0.2) is 0 Å². The summed E-state index contributed by atoms with van der Waals surface area (Å²) < 4.78 is 0. The Morgan fingerprint density at radius 2 is 1.93 bits per heavy atom. The zero-order chi connectivity index (χ0) is 10.8. The first-order chi connectivity index (χ1) is 7.15. The summed E-state index contributed by atoms with van der Waals surface area (Å²) in [6, 6.07) is 7.35. The van der Waals surface area contributed by atoms with Crippen LogP contribution in [0.1, 0.15) is 12.0 Å². The van der Waals surface area contributed by atoms with E-state index in [9.17, 15) is 9.59 Å².